The number of aromatic nitrogens is 1. The molecule has 0 atom stereocenters. The van der Waals surface area contributed by atoms with Gasteiger partial charge in [0.25, 0.3) is 5.91 Å². The summed E-state index contributed by atoms with van der Waals surface area (Å²) in [6.45, 7) is 4.39. The van der Waals surface area contributed by atoms with Crippen molar-refractivity contribution in [2.75, 3.05) is 18.4 Å². The summed E-state index contributed by atoms with van der Waals surface area (Å²) in [5, 5.41) is 2.72. The van der Waals surface area contributed by atoms with E-state index in [1.807, 2.05) is 0 Å². The van der Waals surface area contributed by atoms with E-state index in [1.54, 1.807) is 25.5 Å². The van der Waals surface area contributed by atoms with Crippen LogP contribution in [-0.4, -0.2) is 36.3 Å². The second-order valence-electron chi connectivity index (χ2n) is 6.56. The van der Waals surface area contributed by atoms with E-state index in [-0.39, 0.29) is 16.4 Å². The zero-order chi connectivity index (χ0) is 19.1. The van der Waals surface area contributed by atoms with Crippen LogP contribution >= 0.6 is 0 Å². The molecular formula is C18H22FN3O3S. The van der Waals surface area contributed by atoms with Crippen molar-refractivity contribution >= 4 is 21.6 Å². The van der Waals surface area contributed by atoms with Gasteiger partial charge in [-0.15, -0.1) is 0 Å². The van der Waals surface area contributed by atoms with Crippen LogP contribution in [0, 0.1) is 19.7 Å². The number of hydrogen-bond donors (Lipinski definition) is 1. The molecule has 0 radical (unpaired) electrons. The van der Waals surface area contributed by atoms with Gasteiger partial charge >= 0.3 is 0 Å². The minimum Gasteiger partial charge on any atom is -0.343 e. The summed E-state index contributed by atoms with van der Waals surface area (Å²) in [6.07, 6.45) is 1.70. The lowest BCUT2D eigenvalue weighted by Gasteiger charge is -2.15. The minimum absolute atomic E-state index is 0.155. The number of halogens is 1. The summed E-state index contributed by atoms with van der Waals surface area (Å²) in [7, 11) is -1.95. The number of rotatable bonds is 4. The third-order valence-corrected chi connectivity index (χ3v) is 6.86. The lowest BCUT2D eigenvalue weighted by atomic mass is 10.2. The molecule has 1 N–H and O–H groups in total. The molecule has 1 aliphatic heterocycles. The van der Waals surface area contributed by atoms with Gasteiger partial charge in [0.2, 0.25) is 10.0 Å². The van der Waals surface area contributed by atoms with Gasteiger partial charge in [0.1, 0.15) is 16.4 Å². The quantitative estimate of drug-likeness (QED) is 0.888. The number of carbonyl (C=O) groups excluding carboxylic acids is 1. The van der Waals surface area contributed by atoms with Gasteiger partial charge in [-0.1, -0.05) is 0 Å². The maximum Gasteiger partial charge on any atom is 0.272 e. The molecule has 8 heteroatoms. The van der Waals surface area contributed by atoms with Crippen LogP contribution in [-0.2, 0) is 17.1 Å². The fraction of sp³-hybridized carbons (Fsp3) is 0.389. The Morgan fingerprint density at radius 1 is 1.15 bits per heavy atom. The topological polar surface area (TPSA) is 71.4 Å². The smallest absolute Gasteiger partial charge is 0.272 e. The van der Waals surface area contributed by atoms with Crippen molar-refractivity contribution in [3.8, 4) is 0 Å². The first-order valence-corrected chi connectivity index (χ1v) is 9.90. The van der Waals surface area contributed by atoms with E-state index in [0.29, 0.717) is 30.0 Å². The second-order valence-corrected chi connectivity index (χ2v) is 8.47. The molecule has 1 amide bonds. The van der Waals surface area contributed by atoms with Crippen LogP contribution in [0.4, 0.5) is 10.1 Å². The second kappa shape index (κ2) is 6.85. The third-order valence-electron chi connectivity index (χ3n) is 4.84. The molecule has 2 heterocycles. The Balaban J connectivity index is 1.92. The van der Waals surface area contributed by atoms with Crippen LogP contribution in [0.25, 0.3) is 0 Å². The molecule has 1 aromatic carbocycles. The van der Waals surface area contributed by atoms with E-state index in [4.69, 9.17) is 0 Å². The van der Waals surface area contributed by atoms with Crippen molar-refractivity contribution in [1.82, 2.24) is 8.87 Å². The molecule has 0 aliphatic carbocycles. The number of amides is 1. The van der Waals surface area contributed by atoms with Gasteiger partial charge < -0.3 is 9.88 Å². The maximum atomic E-state index is 13.2. The average molecular weight is 379 g/mol. The Morgan fingerprint density at radius 2 is 1.81 bits per heavy atom. The van der Waals surface area contributed by atoms with E-state index >= 15 is 0 Å². The molecule has 1 saturated heterocycles. The molecule has 3 rings (SSSR count). The number of carbonyl (C=O) groups is 1. The van der Waals surface area contributed by atoms with Crippen molar-refractivity contribution in [1.29, 1.82) is 0 Å². The van der Waals surface area contributed by atoms with E-state index < -0.39 is 15.9 Å². The first kappa shape index (κ1) is 18.6. The Morgan fingerprint density at radius 3 is 2.42 bits per heavy atom. The van der Waals surface area contributed by atoms with Crippen molar-refractivity contribution in [3.63, 3.8) is 0 Å². The number of nitrogens with zero attached hydrogens (tertiary/aromatic N) is 2. The van der Waals surface area contributed by atoms with E-state index in [2.05, 4.69) is 5.32 Å². The Labute approximate surface area is 152 Å². The fourth-order valence-electron chi connectivity index (χ4n) is 3.17. The first-order chi connectivity index (χ1) is 12.2. The van der Waals surface area contributed by atoms with Crippen molar-refractivity contribution in [2.24, 2.45) is 7.05 Å². The van der Waals surface area contributed by atoms with E-state index in [9.17, 15) is 17.6 Å². The number of sulfonamides is 1. The molecule has 1 aliphatic rings. The van der Waals surface area contributed by atoms with Crippen molar-refractivity contribution < 1.29 is 17.6 Å². The van der Waals surface area contributed by atoms with Crippen LogP contribution in [0.2, 0.25) is 0 Å². The maximum absolute atomic E-state index is 13.2. The largest absolute Gasteiger partial charge is 0.343 e. The van der Waals surface area contributed by atoms with Crippen LogP contribution in [0.1, 0.15) is 34.6 Å². The third kappa shape index (κ3) is 3.26. The molecule has 0 spiro atoms. The molecule has 2 aromatic rings. The molecule has 0 unspecified atom stereocenters. The predicted molar refractivity (Wildman–Crippen MR) is 97.2 cm³/mol. The highest BCUT2D eigenvalue weighted by Crippen LogP contribution is 2.27. The lowest BCUT2D eigenvalue weighted by molar-refractivity contribution is 0.101. The summed E-state index contributed by atoms with van der Waals surface area (Å²) in [5.41, 5.74) is 1.83. The Hall–Kier alpha value is -2.19. The highest BCUT2D eigenvalue weighted by atomic mass is 32.2. The Bertz CT molecular complexity index is 960. The van der Waals surface area contributed by atoms with Gasteiger partial charge in [-0.25, -0.2) is 12.8 Å². The number of hydrogen-bond acceptors (Lipinski definition) is 3. The minimum atomic E-state index is -3.61. The fourth-order valence-corrected chi connectivity index (χ4v) is 4.96. The number of aryl methyl sites for hydroxylation is 1. The SMILES string of the molecule is Cc1cc(F)ccc1NC(=O)c1cc(S(=O)(=O)N2CCCC2)c(C)n1C. The van der Waals surface area contributed by atoms with Gasteiger partial charge in [-0.3, -0.25) is 4.79 Å². The number of anilines is 1. The van der Waals surface area contributed by atoms with E-state index in [1.165, 1.54) is 28.6 Å². The van der Waals surface area contributed by atoms with Crippen LogP contribution in [0.15, 0.2) is 29.2 Å². The van der Waals surface area contributed by atoms with Gasteiger partial charge in [-0.2, -0.15) is 4.31 Å². The van der Waals surface area contributed by atoms with Crippen LogP contribution in [0.5, 0.6) is 0 Å². The molecule has 140 valence electrons. The highest BCUT2D eigenvalue weighted by Gasteiger charge is 2.31. The van der Waals surface area contributed by atoms with E-state index in [0.717, 1.165) is 12.8 Å². The molecule has 26 heavy (non-hydrogen) atoms. The summed E-state index contributed by atoms with van der Waals surface area (Å²) < 4.78 is 41.9. The number of nitrogens with one attached hydrogen (secondary N) is 1. The lowest BCUT2D eigenvalue weighted by Crippen LogP contribution is -2.28. The number of benzene rings is 1. The summed E-state index contributed by atoms with van der Waals surface area (Å²) >= 11 is 0. The molecule has 1 fully saturated rings. The highest BCUT2D eigenvalue weighted by molar-refractivity contribution is 7.89. The van der Waals surface area contributed by atoms with Gasteiger partial charge in [-0.05, 0) is 56.5 Å². The van der Waals surface area contributed by atoms with Crippen molar-refractivity contribution in [3.05, 3.63) is 47.0 Å². The standard InChI is InChI=1S/C18H22FN3O3S/c1-12-10-14(19)6-7-15(12)20-18(23)16-11-17(13(2)21(16)3)26(24,25)22-8-4-5-9-22/h6-7,10-11H,4-5,8-9H2,1-3H3,(H,20,23). The van der Waals surface area contributed by atoms with Gasteiger partial charge in [0.15, 0.2) is 0 Å². The summed E-state index contributed by atoms with van der Waals surface area (Å²) in [4.78, 5) is 12.8. The molecule has 0 saturated carbocycles. The zero-order valence-corrected chi connectivity index (χ0v) is 15.9. The van der Waals surface area contributed by atoms with Gasteiger partial charge in [0, 0.05) is 31.5 Å². The molecule has 0 bridgehead atoms. The molecule has 1 aromatic heterocycles. The normalized spacial score (nSPS) is 15.4. The average Bonchev–Trinajstić information content (AvgIpc) is 3.21. The van der Waals surface area contributed by atoms with Crippen molar-refractivity contribution in [2.45, 2.75) is 31.6 Å². The van der Waals surface area contributed by atoms with Crippen LogP contribution in [0.3, 0.4) is 0 Å². The van der Waals surface area contributed by atoms with Gasteiger partial charge in [0.05, 0.1) is 0 Å². The van der Waals surface area contributed by atoms with Crippen LogP contribution < -0.4 is 5.32 Å². The predicted octanol–water partition coefficient (Wildman–Crippen LogP) is 2.82. The zero-order valence-electron chi connectivity index (χ0n) is 15.0. The molecular weight excluding hydrogens is 357 g/mol. The summed E-state index contributed by atoms with van der Waals surface area (Å²) in [6, 6.07) is 5.49. The molecule has 6 nitrogen and oxygen atoms in total. The summed E-state index contributed by atoms with van der Waals surface area (Å²) in [5.74, 6) is -0.817. The monoisotopic (exact) mass is 379 g/mol. The Kier molecular flexibility index (Phi) is 4.90. The first-order valence-electron chi connectivity index (χ1n) is 8.46.